The topological polar surface area (TPSA) is 52.9 Å². The number of alkyl halides is 2. The molecule has 4 nitrogen and oxygen atoms in total. The number of allylic oxidation sites excluding steroid dienone is 3. The van der Waals surface area contributed by atoms with Crippen LogP contribution in [0.3, 0.4) is 0 Å². The summed E-state index contributed by atoms with van der Waals surface area (Å²) in [5, 5.41) is 20.2. The van der Waals surface area contributed by atoms with Crippen molar-refractivity contribution in [3.8, 4) is 0 Å². The Morgan fingerprint density at radius 1 is 1.24 bits per heavy atom. The van der Waals surface area contributed by atoms with Crippen LogP contribution in [0.5, 0.6) is 0 Å². The van der Waals surface area contributed by atoms with Gasteiger partial charge in [-0.15, -0.1) is 0 Å². The average Bonchev–Trinajstić information content (AvgIpc) is 3.08. The number of aliphatic hydroxyl groups excluding tert-OH is 2. The fourth-order valence-corrected chi connectivity index (χ4v) is 7.20. The molecule has 6 atom stereocenters. The zero-order valence-electron chi connectivity index (χ0n) is 20.2. The molecular formula is C27H41F2NO3. The largest absolute Gasteiger partial charge is 0.393 e. The maximum atomic E-state index is 12.3. The highest BCUT2D eigenvalue weighted by atomic mass is 19.3. The maximum absolute atomic E-state index is 12.3. The lowest BCUT2D eigenvalue weighted by molar-refractivity contribution is -0.0942. The minimum Gasteiger partial charge on any atom is -0.393 e. The lowest BCUT2D eigenvalue weighted by atomic mass is 9.61. The molecule has 186 valence electrons. The molecule has 0 aromatic rings. The van der Waals surface area contributed by atoms with Crippen LogP contribution in [0.15, 0.2) is 35.5 Å². The van der Waals surface area contributed by atoms with Gasteiger partial charge in [0.2, 0.25) is 0 Å². The summed E-state index contributed by atoms with van der Waals surface area (Å²) in [6.45, 7) is 11.0. The molecule has 4 aliphatic rings. The number of hydrogen-bond donors (Lipinski definition) is 2. The van der Waals surface area contributed by atoms with Crippen molar-refractivity contribution >= 4 is 0 Å². The molecule has 1 unspecified atom stereocenters. The van der Waals surface area contributed by atoms with Gasteiger partial charge in [-0.3, -0.25) is 4.90 Å². The third-order valence-electron chi connectivity index (χ3n) is 8.92. The number of hydrogen-bond acceptors (Lipinski definition) is 4. The van der Waals surface area contributed by atoms with E-state index in [-0.39, 0.29) is 6.10 Å². The molecule has 3 saturated carbocycles. The molecule has 33 heavy (non-hydrogen) atoms. The fraction of sp³-hybridized carbons (Fsp3) is 0.778. The van der Waals surface area contributed by atoms with Crippen LogP contribution >= 0.6 is 0 Å². The molecule has 0 radical (unpaired) electrons. The SMILES string of the molecule is C=C1C(=CC=C2CCC[C@]3(C)[C@@H](C(C)CN4CC(OCC(F)F)C4)CC[C@@H]23)C[C@@H](O)C[C@H]1O. The van der Waals surface area contributed by atoms with E-state index in [4.69, 9.17) is 4.74 Å². The second-order valence-corrected chi connectivity index (χ2v) is 11.2. The van der Waals surface area contributed by atoms with Gasteiger partial charge in [0, 0.05) is 26.1 Å². The van der Waals surface area contributed by atoms with Crippen LogP contribution in [0.1, 0.15) is 58.8 Å². The van der Waals surface area contributed by atoms with Crippen molar-refractivity contribution in [2.45, 2.75) is 83.5 Å². The molecule has 0 spiro atoms. The molecule has 0 aromatic heterocycles. The number of aliphatic hydroxyl groups is 2. The first kappa shape index (κ1) is 25.0. The van der Waals surface area contributed by atoms with Crippen LogP contribution in [-0.2, 0) is 4.74 Å². The van der Waals surface area contributed by atoms with Gasteiger partial charge in [0.1, 0.15) is 6.61 Å². The van der Waals surface area contributed by atoms with Gasteiger partial charge in [-0.1, -0.05) is 38.2 Å². The van der Waals surface area contributed by atoms with Crippen molar-refractivity contribution in [3.63, 3.8) is 0 Å². The Labute approximate surface area is 197 Å². The molecule has 3 aliphatic carbocycles. The second kappa shape index (κ2) is 10.3. The predicted octanol–water partition coefficient (Wildman–Crippen LogP) is 4.73. The van der Waals surface area contributed by atoms with E-state index < -0.39 is 25.2 Å². The quantitative estimate of drug-likeness (QED) is 0.571. The summed E-state index contributed by atoms with van der Waals surface area (Å²) in [5.41, 5.74) is 3.53. The minimum absolute atomic E-state index is 0.0399. The number of fused-ring (bicyclic) bond motifs is 1. The van der Waals surface area contributed by atoms with Crippen molar-refractivity contribution in [1.82, 2.24) is 4.90 Å². The Kier molecular flexibility index (Phi) is 7.79. The van der Waals surface area contributed by atoms with Crippen LogP contribution in [-0.4, -0.2) is 66.1 Å². The second-order valence-electron chi connectivity index (χ2n) is 11.2. The molecule has 0 aromatic carbocycles. The van der Waals surface area contributed by atoms with Gasteiger partial charge in [-0.05, 0) is 72.8 Å². The van der Waals surface area contributed by atoms with E-state index in [2.05, 4.69) is 37.5 Å². The van der Waals surface area contributed by atoms with Gasteiger partial charge in [-0.2, -0.15) is 0 Å². The fourth-order valence-electron chi connectivity index (χ4n) is 7.20. The summed E-state index contributed by atoms with van der Waals surface area (Å²) in [6, 6.07) is 0. The zero-order chi connectivity index (χ0) is 23.8. The molecule has 0 bridgehead atoms. The third-order valence-corrected chi connectivity index (χ3v) is 8.92. The van der Waals surface area contributed by atoms with Gasteiger partial charge in [-0.25, -0.2) is 8.78 Å². The van der Waals surface area contributed by atoms with Gasteiger partial charge in [0.15, 0.2) is 0 Å². The van der Waals surface area contributed by atoms with Crippen molar-refractivity contribution < 1.29 is 23.7 Å². The van der Waals surface area contributed by atoms with Crippen LogP contribution < -0.4 is 0 Å². The Morgan fingerprint density at radius 3 is 2.73 bits per heavy atom. The minimum atomic E-state index is -2.39. The number of likely N-dealkylation sites (tertiary alicyclic amines) is 1. The van der Waals surface area contributed by atoms with Gasteiger partial charge in [0.25, 0.3) is 6.43 Å². The summed E-state index contributed by atoms with van der Waals surface area (Å²) in [6.07, 6.45) is 7.78. The van der Waals surface area contributed by atoms with E-state index in [0.29, 0.717) is 36.0 Å². The predicted molar refractivity (Wildman–Crippen MR) is 126 cm³/mol. The molecule has 4 rings (SSSR count). The molecule has 6 heteroatoms. The zero-order valence-corrected chi connectivity index (χ0v) is 20.2. The van der Waals surface area contributed by atoms with E-state index in [1.165, 1.54) is 31.3 Å². The summed E-state index contributed by atoms with van der Waals surface area (Å²) in [4.78, 5) is 2.35. The summed E-state index contributed by atoms with van der Waals surface area (Å²) in [7, 11) is 0. The van der Waals surface area contributed by atoms with Crippen molar-refractivity contribution in [2.24, 2.45) is 23.2 Å². The monoisotopic (exact) mass is 465 g/mol. The van der Waals surface area contributed by atoms with Crippen molar-refractivity contribution in [1.29, 1.82) is 0 Å². The van der Waals surface area contributed by atoms with E-state index >= 15 is 0 Å². The Morgan fingerprint density at radius 2 is 2.00 bits per heavy atom. The molecule has 2 N–H and O–H groups in total. The van der Waals surface area contributed by atoms with E-state index in [1.54, 1.807) is 0 Å². The first-order valence-corrected chi connectivity index (χ1v) is 12.7. The van der Waals surface area contributed by atoms with E-state index in [0.717, 1.165) is 37.2 Å². The molecule has 4 fully saturated rings. The number of nitrogens with zero attached hydrogens (tertiary/aromatic N) is 1. The smallest absolute Gasteiger partial charge is 0.261 e. The number of ether oxygens (including phenoxy) is 1. The highest BCUT2D eigenvalue weighted by molar-refractivity contribution is 5.38. The highest BCUT2D eigenvalue weighted by Gasteiger charge is 2.51. The first-order valence-electron chi connectivity index (χ1n) is 12.7. The number of rotatable bonds is 7. The summed E-state index contributed by atoms with van der Waals surface area (Å²) < 4.78 is 29.9. The average molecular weight is 466 g/mol. The van der Waals surface area contributed by atoms with Crippen molar-refractivity contribution in [3.05, 3.63) is 35.5 Å². The van der Waals surface area contributed by atoms with Gasteiger partial charge in [0.05, 0.1) is 18.3 Å². The highest BCUT2D eigenvalue weighted by Crippen LogP contribution is 2.59. The third kappa shape index (κ3) is 5.44. The van der Waals surface area contributed by atoms with Crippen LogP contribution in [0.4, 0.5) is 8.78 Å². The Balaban J connectivity index is 1.37. The molecule has 1 saturated heterocycles. The molecule has 1 aliphatic heterocycles. The maximum Gasteiger partial charge on any atom is 0.261 e. The summed E-state index contributed by atoms with van der Waals surface area (Å²) in [5.74, 6) is 1.81. The Hall–Kier alpha value is -1.08. The molecule has 1 heterocycles. The van der Waals surface area contributed by atoms with E-state index in [9.17, 15) is 19.0 Å². The lowest BCUT2D eigenvalue weighted by Gasteiger charge is -2.47. The first-order chi connectivity index (χ1) is 15.7. The van der Waals surface area contributed by atoms with Crippen LogP contribution in [0.25, 0.3) is 0 Å². The number of halogens is 2. The van der Waals surface area contributed by atoms with Crippen molar-refractivity contribution in [2.75, 3.05) is 26.2 Å². The van der Waals surface area contributed by atoms with Crippen LogP contribution in [0, 0.1) is 23.2 Å². The Bertz CT molecular complexity index is 775. The normalized spacial score (nSPS) is 39.3. The molecule has 0 amide bonds. The van der Waals surface area contributed by atoms with Crippen LogP contribution in [0.2, 0.25) is 0 Å². The standard InChI is InChI=1S/C27H41F2NO3/c1-17(13-30-14-22(15-30)33-16-26(28)29)23-8-9-24-19(5-4-10-27(23,24)3)6-7-20-11-21(31)12-25(32)18(20)2/h6-7,17,21-26,31-32H,2,4-5,8-16H2,1,3H3/t17?,21-,23-,24+,25-,27-/m1/s1. The van der Waals surface area contributed by atoms with Gasteiger partial charge >= 0.3 is 0 Å². The summed E-state index contributed by atoms with van der Waals surface area (Å²) >= 11 is 0. The lowest BCUT2D eigenvalue weighted by Crippen LogP contribution is -2.54. The van der Waals surface area contributed by atoms with Gasteiger partial charge < -0.3 is 14.9 Å². The molecular weight excluding hydrogens is 424 g/mol. The van der Waals surface area contributed by atoms with E-state index in [1.807, 2.05) is 0 Å².